The van der Waals surface area contributed by atoms with E-state index >= 15 is 0 Å². The van der Waals surface area contributed by atoms with Crippen molar-refractivity contribution in [3.05, 3.63) is 82.6 Å². The summed E-state index contributed by atoms with van der Waals surface area (Å²) in [4.78, 5) is 16.3. The molecule has 0 fully saturated rings. The molecule has 0 aliphatic heterocycles. The number of amides is 1. The monoisotopic (exact) mass is 415 g/mol. The van der Waals surface area contributed by atoms with E-state index in [2.05, 4.69) is 15.0 Å². The Balaban J connectivity index is 1.75. The third kappa shape index (κ3) is 4.68. The fourth-order valence-electron chi connectivity index (χ4n) is 2.48. The number of hydrogen-bond donors (Lipinski definition) is 2. The smallest absolute Gasteiger partial charge is 0.274 e. The van der Waals surface area contributed by atoms with E-state index in [1.54, 1.807) is 36.5 Å². The predicted molar refractivity (Wildman–Crippen MR) is 110 cm³/mol. The molecule has 0 aliphatic carbocycles. The van der Waals surface area contributed by atoms with Crippen molar-refractivity contribution in [1.29, 1.82) is 0 Å². The van der Waals surface area contributed by atoms with Gasteiger partial charge in [0.05, 0.1) is 15.6 Å². The quantitative estimate of drug-likeness (QED) is 0.646. The molecule has 0 spiro atoms. The van der Waals surface area contributed by atoms with Gasteiger partial charge in [-0.1, -0.05) is 17.7 Å². The minimum atomic E-state index is -3.81. The number of carbonyl (C=O) groups excluding carboxylic acids is 1. The van der Waals surface area contributed by atoms with Gasteiger partial charge in [0.2, 0.25) is 0 Å². The van der Waals surface area contributed by atoms with Crippen LogP contribution in [0.1, 0.15) is 21.6 Å². The van der Waals surface area contributed by atoms with E-state index in [4.69, 9.17) is 11.6 Å². The van der Waals surface area contributed by atoms with Crippen molar-refractivity contribution >= 4 is 38.9 Å². The highest BCUT2D eigenvalue weighted by atomic mass is 35.5. The molecule has 0 saturated carbocycles. The van der Waals surface area contributed by atoms with Crippen LogP contribution in [0.15, 0.2) is 65.7 Å². The van der Waals surface area contributed by atoms with Crippen LogP contribution in [0.3, 0.4) is 0 Å². The van der Waals surface area contributed by atoms with Gasteiger partial charge in [0.25, 0.3) is 15.9 Å². The van der Waals surface area contributed by atoms with Gasteiger partial charge in [0, 0.05) is 11.9 Å². The van der Waals surface area contributed by atoms with Crippen LogP contribution in [0.4, 0.5) is 11.4 Å². The van der Waals surface area contributed by atoms with Crippen LogP contribution in [0.2, 0.25) is 5.02 Å². The Labute approximate surface area is 168 Å². The van der Waals surface area contributed by atoms with Gasteiger partial charge < -0.3 is 5.32 Å². The van der Waals surface area contributed by atoms with E-state index < -0.39 is 10.0 Å². The summed E-state index contributed by atoms with van der Waals surface area (Å²) in [5.41, 5.74) is 2.89. The zero-order valence-electron chi connectivity index (χ0n) is 15.2. The predicted octanol–water partition coefficient (Wildman–Crippen LogP) is 4.40. The summed E-state index contributed by atoms with van der Waals surface area (Å²) < 4.78 is 27.6. The van der Waals surface area contributed by atoms with E-state index in [1.165, 1.54) is 24.3 Å². The Kier molecular flexibility index (Phi) is 5.67. The van der Waals surface area contributed by atoms with Crippen LogP contribution in [0, 0.1) is 13.8 Å². The lowest BCUT2D eigenvalue weighted by Crippen LogP contribution is -2.15. The topological polar surface area (TPSA) is 88.2 Å². The van der Waals surface area contributed by atoms with Crippen molar-refractivity contribution in [3.8, 4) is 0 Å². The average Bonchev–Trinajstić information content (AvgIpc) is 2.64. The van der Waals surface area contributed by atoms with E-state index in [0.29, 0.717) is 16.4 Å². The van der Waals surface area contributed by atoms with Crippen molar-refractivity contribution in [1.82, 2.24) is 4.98 Å². The van der Waals surface area contributed by atoms with Gasteiger partial charge in [-0.25, -0.2) is 8.42 Å². The molecule has 0 atom stereocenters. The minimum Gasteiger partial charge on any atom is -0.321 e. The second kappa shape index (κ2) is 8.00. The highest BCUT2D eigenvalue weighted by molar-refractivity contribution is 7.92. The zero-order valence-corrected chi connectivity index (χ0v) is 16.8. The molecule has 1 amide bonds. The molecule has 0 unspecified atom stereocenters. The van der Waals surface area contributed by atoms with Crippen LogP contribution >= 0.6 is 11.6 Å². The standard InChI is InChI=1S/C20H18ClN3O3S/c1-13-3-8-18(17(21)11-13)24-28(26,27)16-6-4-15(5-7-16)23-20(25)19-12-14(2)9-10-22-19/h3-12,24H,1-2H3,(H,23,25). The first-order valence-corrected chi connectivity index (χ1v) is 10.2. The second-order valence-electron chi connectivity index (χ2n) is 6.29. The van der Waals surface area contributed by atoms with Crippen LogP contribution in [0.25, 0.3) is 0 Å². The van der Waals surface area contributed by atoms with Crippen molar-refractivity contribution in [2.75, 3.05) is 10.0 Å². The van der Waals surface area contributed by atoms with Gasteiger partial charge in [-0.15, -0.1) is 0 Å². The molecule has 0 aliphatic rings. The average molecular weight is 416 g/mol. The number of anilines is 2. The summed E-state index contributed by atoms with van der Waals surface area (Å²) >= 11 is 6.09. The maximum atomic E-state index is 12.6. The van der Waals surface area contributed by atoms with Gasteiger partial charge in [-0.05, 0) is 73.5 Å². The third-order valence-electron chi connectivity index (χ3n) is 3.94. The SMILES string of the molecule is Cc1ccnc(C(=O)Nc2ccc(S(=O)(=O)Nc3ccc(C)cc3Cl)cc2)c1. The van der Waals surface area contributed by atoms with Crippen LogP contribution < -0.4 is 10.0 Å². The Morgan fingerprint density at radius 1 is 0.964 bits per heavy atom. The van der Waals surface area contributed by atoms with Gasteiger partial charge >= 0.3 is 0 Å². The summed E-state index contributed by atoms with van der Waals surface area (Å²) in [6, 6.07) is 14.4. The molecule has 2 N–H and O–H groups in total. The molecule has 28 heavy (non-hydrogen) atoms. The van der Waals surface area contributed by atoms with E-state index in [1.807, 2.05) is 13.8 Å². The Bertz CT molecular complexity index is 1130. The second-order valence-corrected chi connectivity index (χ2v) is 8.38. The number of nitrogens with zero attached hydrogens (tertiary/aromatic N) is 1. The summed E-state index contributed by atoms with van der Waals surface area (Å²) in [6.45, 7) is 3.73. The highest BCUT2D eigenvalue weighted by Crippen LogP contribution is 2.26. The number of carbonyl (C=O) groups is 1. The number of halogens is 1. The van der Waals surface area contributed by atoms with Crippen LogP contribution in [0.5, 0.6) is 0 Å². The minimum absolute atomic E-state index is 0.0517. The summed E-state index contributed by atoms with van der Waals surface area (Å²) in [5.74, 6) is -0.371. The van der Waals surface area contributed by atoms with Crippen molar-refractivity contribution in [2.45, 2.75) is 18.7 Å². The number of aromatic nitrogens is 1. The van der Waals surface area contributed by atoms with E-state index in [9.17, 15) is 13.2 Å². The molecule has 1 aromatic heterocycles. The highest BCUT2D eigenvalue weighted by Gasteiger charge is 2.16. The molecule has 6 nitrogen and oxygen atoms in total. The molecule has 0 bridgehead atoms. The molecule has 3 aromatic rings. The van der Waals surface area contributed by atoms with E-state index in [0.717, 1.165) is 11.1 Å². The summed E-state index contributed by atoms with van der Waals surface area (Å²) in [6.07, 6.45) is 1.56. The lowest BCUT2D eigenvalue weighted by atomic mass is 10.2. The molecule has 0 saturated heterocycles. The summed E-state index contributed by atoms with van der Waals surface area (Å²) in [5, 5.41) is 3.01. The van der Waals surface area contributed by atoms with Gasteiger partial charge in [0.1, 0.15) is 5.69 Å². The molecule has 3 rings (SSSR count). The molecule has 1 heterocycles. The van der Waals surface area contributed by atoms with Gasteiger partial charge in [-0.2, -0.15) is 0 Å². The first-order valence-electron chi connectivity index (χ1n) is 8.38. The van der Waals surface area contributed by atoms with Crippen molar-refractivity contribution in [3.63, 3.8) is 0 Å². The number of pyridine rings is 1. The normalized spacial score (nSPS) is 11.1. The molecule has 2 aromatic carbocycles. The zero-order chi connectivity index (χ0) is 20.3. The molecular formula is C20H18ClN3O3S. The van der Waals surface area contributed by atoms with E-state index in [-0.39, 0.29) is 16.5 Å². The number of aryl methyl sites for hydroxylation is 2. The third-order valence-corrected chi connectivity index (χ3v) is 5.63. The van der Waals surface area contributed by atoms with Gasteiger partial charge in [-0.3, -0.25) is 14.5 Å². The molecule has 0 radical (unpaired) electrons. The fraction of sp³-hybridized carbons (Fsp3) is 0.100. The fourth-order valence-corrected chi connectivity index (χ4v) is 3.90. The van der Waals surface area contributed by atoms with Crippen LogP contribution in [-0.4, -0.2) is 19.3 Å². The largest absolute Gasteiger partial charge is 0.321 e. The lowest BCUT2D eigenvalue weighted by Gasteiger charge is -2.11. The maximum absolute atomic E-state index is 12.6. The van der Waals surface area contributed by atoms with Crippen molar-refractivity contribution < 1.29 is 13.2 Å². The Morgan fingerprint density at radius 2 is 1.64 bits per heavy atom. The number of benzene rings is 2. The molecule has 8 heteroatoms. The maximum Gasteiger partial charge on any atom is 0.274 e. The molecular weight excluding hydrogens is 398 g/mol. The number of hydrogen-bond acceptors (Lipinski definition) is 4. The summed E-state index contributed by atoms with van der Waals surface area (Å²) in [7, 11) is -3.81. The number of nitrogens with one attached hydrogen (secondary N) is 2. The van der Waals surface area contributed by atoms with Crippen LogP contribution in [-0.2, 0) is 10.0 Å². The first-order chi connectivity index (χ1) is 13.2. The van der Waals surface area contributed by atoms with Crippen molar-refractivity contribution in [2.24, 2.45) is 0 Å². The lowest BCUT2D eigenvalue weighted by molar-refractivity contribution is 0.102. The number of sulfonamides is 1. The first kappa shape index (κ1) is 19.9. The molecule has 144 valence electrons. The number of rotatable bonds is 5. The Hall–Kier alpha value is -2.90. The Morgan fingerprint density at radius 3 is 2.29 bits per heavy atom. The van der Waals surface area contributed by atoms with Gasteiger partial charge in [0.15, 0.2) is 0 Å².